The molecule has 0 radical (unpaired) electrons. The average Bonchev–Trinajstić information content (AvgIpc) is 3.46. The van der Waals surface area contributed by atoms with E-state index >= 15 is 0 Å². The molecule has 1 amide bonds. The topological polar surface area (TPSA) is 78.8 Å². The number of hydrogen-bond donors (Lipinski definition) is 0. The van der Waals surface area contributed by atoms with Crippen LogP contribution in [0.3, 0.4) is 0 Å². The van der Waals surface area contributed by atoms with Crippen molar-refractivity contribution in [3.05, 3.63) is 24.0 Å². The Labute approximate surface area is 197 Å². The molecule has 9 heteroatoms. The van der Waals surface area contributed by atoms with Crippen LogP contribution in [0.5, 0.6) is 0 Å². The third kappa shape index (κ3) is 5.10. The predicted molar refractivity (Wildman–Crippen MR) is 130 cm³/mol. The highest BCUT2D eigenvalue weighted by molar-refractivity contribution is 7.89. The fourth-order valence-electron chi connectivity index (χ4n) is 5.04. The van der Waals surface area contributed by atoms with Gasteiger partial charge in [0.15, 0.2) is 0 Å². The number of carbonyl (C=O) groups is 1. The Morgan fingerprint density at radius 3 is 2.61 bits per heavy atom. The monoisotopic (exact) mass is 475 g/mol. The summed E-state index contributed by atoms with van der Waals surface area (Å²) in [4.78, 5) is 22.2. The lowest BCUT2D eigenvalue weighted by molar-refractivity contribution is -0.133. The second kappa shape index (κ2) is 10.1. The number of piperidine rings is 1. The van der Waals surface area contributed by atoms with Crippen LogP contribution in [0, 0.1) is 0 Å². The zero-order valence-electron chi connectivity index (χ0n) is 20.2. The van der Waals surface area contributed by atoms with Gasteiger partial charge in [0.25, 0.3) is 0 Å². The number of carbonyl (C=O) groups excluding carboxylic acids is 1. The quantitative estimate of drug-likeness (QED) is 0.587. The van der Waals surface area contributed by atoms with Crippen molar-refractivity contribution in [3.8, 4) is 0 Å². The minimum Gasteiger partial charge on any atom is -0.341 e. The van der Waals surface area contributed by atoms with Crippen molar-refractivity contribution < 1.29 is 13.2 Å². The van der Waals surface area contributed by atoms with Crippen LogP contribution in [-0.2, 0) is 27.8 Å². The van der Waals surface area contributed by atoms with Crippen LogP contribution in [-0.4, -0.2) is 84.3 Å². The van der Waals surface area contributed by atoms with Crippen molar-refractivity contribution in [3.63, 3.8) is 0 Å². The first-order valence-electron chi connectivity index (χ1n) is 12.2. The van der Waals surface area contributed by atoms with E-state index in [0.29, 0.717) is 42.4 Å². The van der Waals surface area contributed by atoms with Gasteiger partial charge >= 0.3 is 0 Å². The molecule has 182 valence electrons. The number of hydrogen-bond acceptors (Lipinski definition) is 5. The Morgan fingerprint density at radius 1 is 1.15 bits per heavy atom. The summed E-state index contributed by atoms with van der Waals surface area (Å²) in [5.74, 6) is 1.03. The Morgan fingerprint density at radius 2 is 1.91 bits per heavy atom. The van der Waals surface area contributed by atoms with Gasteiger partial charge in [-0.25, -0.2) is 13.4 Å². The van der Waals surface area contributed by atoms with Crippen LogP contribution in [0.1, 0.15) is 51.3 Å². The van der Waals surface area contributed by atoms with Crippen LogP contribution in [0.25, 0.3) is 11.0 Å². The van der Waals surface area contributed by atoms with Crippen molar-refractivity contribution >= 4 is 27.0 Å². The number of aryl methyl sites for hydroxylation is 2. The maximum Gasteiger partial charge on any atom is 0.243 e. The smallest absolute Gasteiger partial charge is 0.243 e. The first-order valence-corrected chi connectivity index (χ1v) is 13.7. The zero-order valence-corrected chi connectivity index (χ0v) is 21.0. The summed E-state index contributed by atoms with van der Waals surface area (Å²) in [7, 11) is 0.667. The number of likely N-dealkylation sites (N-methyl/N-ethyl adjacent to an activating group) is 1. The van der Waals surface area contributed by atoms with Crippen LogP contribution >= 0.6 is 0 Å². The van der Waals surface area contributed by atoms with Gasteiger partial charge in [0, 0.05) is 51.6 Å². The van der Waals surface area contributed by atoms with Gasteiger partial charge in [-0.15, -0.1) is 0 Å². The Kier molecular flexibility index (Phi) is 7.40. The molecule has 4 rings (SSSR count). The second-order valence-electron chi connectivity index (χ2n) is 9.54. The summed E-state index contributed by atoms with van der Waals surface area (Å²) in [6.45, 7) is 5.69. The van der Waals surface area contributed by atoms with Gasteiger partial charge < -0.3 is 14.4 Å². The Bertz CT molecular complexity index is 1090. The third-order valence-electron chi connectivity index (χ3n) is 6.99. The highest BCUT2D eigenvalue weighted by Gasteiger charge is 2.28. The first kappa shape index (κ1) is 24.2. The molecular formula is C24H37N5O3S. The fraction of sp³-hybridized carbons (Fsp3) is 0.667. The molecular weight excluding hydrogens is 438 g/mol. The molecule has 1 aromatic heterocycles. The fourth-order valence-corrected chi connectivity index (χ4v) is 6.58. The molecule has 3 heterocycles. The number of sulfonamides is 1. The molecule has 0 bridgehead atoms. The van der Waals surface area contributed by atoms with Gasteiger partial charge in [0.05, 0.1) is 15.9 Å². The van der Waals surface area contributed by atoms with Gasteiger partial charge in [0.1, 0.15) is 5.82 Å². The van der Waals surface area contributed by atoms with E-state index in [0.717, 1.165) is 63.1 Å². The number of imidazole rings is 1. The van der Waals surface area contributed by atoms with Crippen LogP contribution in [0.4, 0.5) is 0 Å². The molecule has 2 aromatic rings. The van der Waals surface area contributed by atoms with Crippen molar-refractivity contribution in [1.29, 1.82) is 0 Å². The van der Waals surface area contributed by atoms with Gasteiger partial charge in [-0.1, -0.05) is 6.92 Å². The predicted octanol–water partition coefficient (Wildman–Crippen LogP) is 2.72. The lowest BCUT2D eigenvalue weighted by atomic mass is 10.0. The maximum absolute atomic E-state index is 13.0. The summed E-state index contributed by atoms with van der Waals surface area (Å²) in [6.07, 6.45) is 5.92. The van der Waals surface area contributed by atoms with Crippen LogP contribution < -0.4 is 0 Å². The molecule has 1 unspecified atom stereocenters. The molecule has 1 atom stereocenters. The lowest BCUT2D eigenvalue weighted by Gasteiger charge is -2.36. The minimum absolute atomic E-state index is 0.175. The van der Waals surface area contributed by atoms with E-state index in [1.165, 1.54) is 0 Å². The lowest BCUT2D eigenvalue weighted by Crippen LogP contribution is -2.47. The normalized spacial score (nSPS) is 20.2. The number of aromatic nitrogens is 2. The number of benzene rings is 1. The maximum atomic E-state index is 13.0. The summed E-state index contributed by atoms with van der Waals surface area (Å²) in [5, 5.41) is 0. The largest absolute Gasteiger partial charge is 0.341 e. The van der Waals surface area contributed by atoms with E-state index in [4.69, 9.17) is 4.98 Å². The molecule has 0 N–H and O–H groups in total. The summed E-state index contributed by atoms with van der Waals surface area (Å²) in [6, 6.07) is 5.70. The second-order valence-corrected chi connectivity index (χ2v) is 11.5. The zero-order chi connectivity index (χ0) is 23.6. The van der Waals surface area contributed by atoms with Gasteiger partial charge in [-0.2, -0.15) is 4.31 Å². The van der Waals surface area contributed by atoms with Gasteiger partial charge in [-0.05, 0) is 64.4 Å². The molecule has 0 spiro atoms. The molecule has 0 saturated carbocycles. The molecule has 2 saturated heterocycles. The molecule has 33 heavy (non-hydrogen) atoms. The Balaban J connectivity index is 1.53. The number of likely N-dealkylation sites (tertiary alicyclic amines) is 1. The van der Waals surface area contributed by atoms with Crippen molar-refractivity contribution in [2.24, 2.45) is 0 Å². The van der Waals surface area contributed by atoms with E-state index < -0.39 is 10.0 Å². The van der Waals surface area contributed by atoms with Crippen molar-refractivity contribution in [1.82, 2.24) is 23.7 Å². The highest BCUT2D eigenvalue weighted by Crippen LogP contribution is 2.26. The standard InChI is InChI=1S/C24H37N5O3S/c1-4-13-29-22-10-9-20(33(31,32)28-15-5-6-16-28)17-21(22)25-23(29)11-12-24(30)27-14-7-8-19(18-27)26(2)3/h9-10,17,19H,4-8,11-16,18H2,1-3H3. The molecule has 0 aliphatic carbocycles. The van der Waals surface area contributed by atoms with Gasteiger partial charge in [-0.3, -0.25) is 4.79 Å². The summed E-state index contributed by atoms with van der Waals surface area (Å²) < 4.78 is 29.7. The van der Waals surface area contributed by atoms with E-state index in [9.17, 15) is 13.2 Å². The number of fused-ring (bicyclic) bond motifs is 1. The highest BCUT2D eigenvalue weighted by atomic mass is 32.2. The molecule has 8 nitrogen and oxygen atoms in total. The molecule has 2 aliphatic heterocycles. The van der Waals surface area contributed by atoms with E-state index in [1.54, 1.807) is 16.4 Å². The molecule has 2 aliphatic rings. The van der Waals surface area contributed by atoms with Crippen LogP contribution in [0.15, 0.2) is 23.1 Å². The van der Waals surface area contributed by atoms with E-state index in [2.05, 4.69) is 30.5 Å². The van der Waals surface area contributed by atoms with E-state index in [1.807, 2.05) is 11.0 Å². The molecule has 2 fully saturated rings. The van der Waals surface area contributed by atoms with Gasteiger partial charge in [0.2, 0.25) is 15.9 Å². The minimum atomic E-state index is -3.48. The Hall–Kier alpha value is -1.97. The van der Waals surface area contributed by atoms with Crippen molar-refractivity contribution in [2.45, 2.75) is 69.4 Å². The number of nitrogens with zero attached hydrogens (tertiary/aromatic N) is 5. The molecule has 1 aromatic carbocycles. The van der Waals surface area contributed by atoms with E-state index in [-0.39, 0.29) is 5.91 Å². The SMILES string of the molecule is CCCn1c(CCC(=O)N2CCCC(N(C)C)C2)nc2cc(S(=O)(=O)N3CCCC3)ccc21. The van der Waals surface area contributed by atoms with Crippen LogP contribution in [0.2, 0.25) is 0 Å². The number of rotatable bonds is 8. The first-order chi connectivity index (χ1) is 15.8. The number of amides is 1. The summed E-state index contributed by atoms with van der Waals surface area (Å²) >= 11 is 0. The summed E-state index contributed by atoms with van der Waals surface area (Å²) in [5.41, 5.74) is 1.63. The average molecular weight is 476 g/mol. The van der Waals surface area contributed by atoms with Crippen molar-refractivity contribution in [2.75, 3.05) is 40.3 Å². The third-order valence-corrected chi connectivity index (χ3v) is 8.89.